The van der Waals surface area contributed by atoms with Crippen LogP contribution in [-0.4, -0.2) is 27.9 Å². The lowest BCUT2D eigenvalue weighted by atomic mass is 9.98. The van der Waals surface area contributed by atoms with E-state index in [1.807, 2.05) is 0 Å². The van der Waals surface area contributed by atoms with Crippen molar-refractivity contribution in [1.29, 1.82) is 0 Å². The van der Waals surface area contributed by atoms with Crippen LogP contribution in [0.2, 0.25) is 0 Å². The minimum absolute atomic E-state index is 0.0584. The summed E-state index contributed by atoms with van der Waals surface area (Å²) >= 11 is 0. The molecule has 2 aromatic rings. The van der Waals surface area contributed by atoms with Gasteiger partial charge in [-0.15, -0.1) is 0 Å². The summed E-state index contributed by atoms with van der Waals surface area (Å²) < 4.78 is 39.4. The van der Waals surface area contributed by atoms with Crippen molar-refractivity contribution in [3.63, 3.8) is 0 Å². The van der Waals surface area contributed by atoms with E-state index in [0.717, 1.165) is 18.6 Å². The fourth-order valence-electron chi connectivity index (χ4n) is 2.67. The molecule has 2 aromatic carbocycles. The average Bonchev–Trinajstić information content (AvgIpc) is 2.63. The summed E-state index contributed by atoms with van der Waals surface area (Å²) in [6.45, 7) is 0.0584. The van der Waals surface area contributed by atoms with E-state index in [-0.39, 0.29) is 17.7 Å². The van der Waals surface area contributed by atoms with Gasteiger partial charge in [-0.2, -0.15) is 13.2 Å². The van der Waals surface area contributed by atoms with Crippen molar-refractivity contribution in [3.8, 4) is 17.6 Å². The van der Waals surface area contributed by atoms with Crippen LogP contribution >= 0.6 is 0 Å². The number of unbranched alkanes of at least 4 members (excludes halogenated alkanes) is 2. The van der Waals surface area contributed by atoms with Gasteiger partial charge in [-0.3, -0.25) is 0 Å². The van der Waals surface area contributed by atoms with E-state index in [9.17, 15) is 23.1 Å². The minimum Gasteiger partial charge on any atom is -0.508 e. The van der Waals surface area contributed by atoms with E-state index >= 15 is 0 Å². The molecule has 0 aliphatic carbocycles. The van der Waals surface area contributed by atoms with Gasteiger partial charge in [0.1, 0.15) is 5.75 Å². The molecule has 0 spiro atoms. The van der Waals surface area contributed by atoms with Crippen LogP contribution < -0.4 is 0 Å². The monoisotopic (exact) mass is 392 g/mol. The lowest BCUT2D eigenvalue weighted by Gasteiger charge is -2.09. The molecule has 0 atom stereocenters. The Hall–Kier alpha value is -2.98. The van der Waals surface area contributed by atoms with Crippen molar-refractivity contribution in [1.82, 2.24) is 0 Å². The molecule has 0 aliphatic rings. The zero-order chi connectivity index (χ0) is 20.7. The summed E-state index contributed by atoms with van der Waals surface area (Å²) in [5, 5.41) is 27.3. The molecule has 7 heteroatoms. The fourth-order valence-corrected chi connectivity index (χ4v) is 2.67. The Morgan fingerprint density at radius 3 is 2.29 bits per heavy atom. The third kappa shape index (κ3) is 5.76. The van der Waals surface area contributed by atoms with E-state index in [2.05, 4.69) is 11.8 Å². The number of aromatic hydroxyl groups is 1. The molecule has 0 aliphatic heterocycles. The predicted molar refractivity (Wildman–Crippen MR) is 97.1 cm³/mol. The standard InChI is InChI=1S/C21H19F3O4/c22-21(23,24)19-13-18(26)10-9-15(19)7-5-14-6-8-17(20(27)28)12-16(14)4-2-1-3-11-25/h6,8-10,12-13,25-26H,1-4,11H2,(H,27,28). The normalized spacial score (nSPS) is 11.0. The van der Waals surface area contributed by atoms with Gasteiger partial charge in [0.25, 0.3) is 0 Å². The minimum atomic E-state index is -4.66. The number of rotatable bonds is 6. The largest absolute Gasteiger partial charge is 0.508 e. The van der Waals surface area contributed by atoms with Gasteiger partial charge in [0.2, 0.25) is 0 Å². The molecular weight excluding hydrogens is 373 g/mol. The summed E-state index contributed by atoms with van der Waals surface area (Å²) in [6.07, 6.45) is -2.14. The molecule has 0 unspecified atom stereocenters. The second-order valence-electron chi connectivity index (χ2n) is 6.19. The maximum atomic E-state index is 13.1. The molecule has 0 bridgehead atoms. The third-order valence-corrected chi connectivity index (χ3v) is 4.10. The van der Waals surface area contributed by atoms with E-state index in [4.69, 9.17) is 10.2 Å². The second-order valence-corrected chi connectivity index (χ2v) is 6.19. The molecular formula is C21H19F3O4. The molecule has 4 nitrogen and oxygen atoms in total. The Balaban J connectivity index is 2.40. The van der Waals surface area contributed by atoms with Crippen LogP contribution in [0.15, 0.2) is 36.4 Å². The maximum absolute atomic E-state index is 13.1. The first-order valence-corrected chi connectivity index (χ1v) is 8.61. The Morgan fingerprint density at radius 2 is 1.64 bits per heavy atom. The Bertz CT molecular complexity index is 908. The molecule has 0 saturated carbocycles. The van der Waals surface area contributed by atoms with Gasteiger partial charge in [-0.1, -0.05) is 18.3 Å². The van der Waals surface area contributed by atoms with Gasteiger partial charge in [0.15, 0.2) is 0 Å². The van der Waals surface area contributed by atoms with Gasteiger partial charge >= 0.3 is 12.1 Å². The van der Waals surface area contributed by atoms with Crippen molar-refractivity contribution >= 4 is 5.97 Å². The zero-order valence-electron chi connectivity index (χ0n) is 14.9. The lowest BCUT2D eigenvalue weighted by Crippen LogP contribution is -2.07. The Morgan fingerprint density at radius 1 is 0.964 bits per heavy atom. The Labute approximate surface area is 160 Å². The predicted octanol–water partition coefficient (Wildman–Crippen LogP) is 4.21. The second kappa shape index (κ2) is 9.29. The van der Waals surface area contributed by atoms with Crippen LogP contribution in [0.4, 0.5) is 13.2 Å². The number of benzene rings is 2. The molecule has 0 saturated heterocycles. The molecule has 28 heavy (non-hydrogen) atoms. The number of alkyl halides is 3. The SMILES string of the molecule is O=C(O)c1ccc(C#Cc2ccc(O)cc2C(F)(F)F)c(CCCCCO)c1. The number of carboxylic acids is 1. The molecule has 0 radical (unpaired) electrons. The van der Waals surface area contributed by atoms with Crippen molar-refractivity contribution in [3.05, 3.63) is 64.2 Å². The summed E-state index contributed by atoms with van der Waals surface area (Å²) in [7, 11) is 0. The smallest absolute Gasteiger partial charge is 0.417 e. The highest BCUT2D eigenvalue weighted by Crippen LogP contribution is 2.33. The summed E-state index contributed by atoms with van der Waals surface area (Å²) in [5.74, 6) is 3.57. The number of carboxylic acid groups (broad SMARTS) is 1. The number of aliphatic hydroxyl groups excluding tert-OH is 1. The molecule has 0 aromatic heterocycles. The van der Waals surface area contributed by atoms with Crippen LogP contribution in [0.1, 0.15) is 51.9 Å². The van der Waals surface area contributed by atoms with Crippen LogP contribution in [0.5, 0.6) is 5.75 Å². The van der Waals surface area contributed by atoms with E-state index in [1.54, 1.807) is 0 Å². The zero-order valence-corrected chi connectivity index (χ0v) is 14.9. The lowest BCUT2D eigenvalue weighted by molar-refractivity contribution is -0.137. The number of halogens is 3. The highest BCUT2D eigenvalue weighted by Gasteiger charge is 2.33. The van der Waals surface area contributed by atoms with Crippen LogP contribution in [0.3, 0.4) is 0 Å². The number of hydrogen-bond donors (Lipinski definition) is 3. The first-order valence-electron chi connectivity index (χ1n) is 8.61. The number of hydrogen-bond acceptors (Lipinski definition) is 3. The van der Waals surface area contributed by atoms with Crippen molar-refractivity contribution in [2.75, 3.05) is 6.61 Å². The van der Waals surface area contributed by atoms with Gasteiger partial charge in [-0.25, -0.2) is 4.79 Å². The first-order chi connectivity index (χ1) is 13.2. The summed E-state index contributed by atoms with van der Waals surface area (Å²) in [5.41, 5.74) is -0.179. The molecule has 148 valence electrons. The highest BCUT2D eigenvalue weighted by atomic mass is 19.4. The molecule has 0 fully saturated rings. The van der Waals surface area contributed by atoms with Crippen molar-refractivity contribution in [2.45, 2.75) is 31.9 Å². The van der Waals surface area contributed by atoms with Gasteiger partial charge in [-0.05, 0) is 61.2 Å². The maximum Gasteiger partial charge on any atom is 0.417 e. The van der Waals surface area contributed by atoms with E-state index in [1.165, 1.54) is 18.2 Å². The number of aryl methyl sites for hydroxylation is 1. The van der Waals surface area contributed by atoms with Crippen molar-refractivity contribution < 1.29 is 33.3 Å². The molecule has 0 amide bonds. The van der Waals surface area contributed by atoms with Gasteiger partial charge in [0.05, 0.1) is 11.1 Å². The summed E-state index contributed by atoms with van der Waals surface area (Å²) in [6, 6.07) is 7.14. The summed E-state index contributed by atoms with van der Waals surface area (Å²) in [4.78, 5) is 11.2. The van der Waals surface area contributed by atoms with Gasteiger partial charge < -0.3 is 15.3 Å². The average molecular weight is 392 g/mol. The topological polar surface area (TPSA) is 77.8 Å². The van der Waals surface area contributed by atoms with E-state index in [0.29, 0.717) is 36.5 Å². The number of carbonyl (C=O) groups is 1. The van der Waals surface area contributed by atoms with Crippen molar-refractivity contribution in [2.24, 2.45) is 0 Å². The highest BCUT2D eigenvalue weighted by molar-refractivity contribution is 5.88. The quantitative estimate of drug-likeness (QED) is 0.508. The number of aromatic carboxylic acids is 1. The van der Waals surface area contributed by atoms with Crippen LogP contribution in [-0.2, 0) is 12.6 Å². The Kier molecular flexibility index (Phi) is 7.07. The first kappa shape index (κ1) is 21.3. The fraction of sp³-hybridized carbons (Fsp3) is 0.286. The third-order valence-electron chi connectivity index (χ3n) is 4.10. The number of aliphatic hydroxyl groups is 1. The molecule has 2 rings (SSSR count). The molecule has 0 heterocycles. The number of phenols is 1. The van der Waals surface area contributed by atoms with E-state index < -0.39 is 23.5 Å². The van der Waals surface area contributed by atoms with Crippen LogP contribution in [0.25, 0.3) is 0 Å². The number of phenolic OH excluding ortho intramolecular Hbond substituents is 1. The molecule has 3 N–H and O–H groups in total. The van der Waals surface area contributed by atoms with Crippen LogP contribution in [0, 0.1) is 11.8 Å². The van der Waals surface area contributed by atoms with Gasteiger partial charge in [0, 0.05) is 17.7 Å².